The van der Waals surface area contributed by atoms with E-state index < -0.39 is 17.7 Å². The molecule has 1 fully saturated rings. The Morgan fingerprint density at radius 3 is 2.68 bits per heavy atom. The smallest absolute Gasteiger partial charge is 0.405 e. The van der Waals surface area contributed by atoms with Gasteiger partial charge in [-0.1, -0.05) is 24.3 Å². The highest BCUT2D eigenvalue weighted by Gasteiger charge is 2.48. The van der Waals surface area contributed by atoms with Crippen molar-refractivity contribution in [1.82, 2.24) is 10.3 Å². The number of benzene rings is 2. The number of aliphatic imine (C=N–C) groups is 1. The number of nitrogens with zero attached hydrogens (tertiary/aromatic N) is 3. The number of nitrogens with two attached hydrogens (primary N) is 1. The molecule has 1 amide bonds. The molecule has 37 heavy (non-hydrogen) atoms. The van der Waals surface area contributed by atoms with Crippen LogP contribution in [0.3, 0.4) is 0 Å². The summed E-state index contributed by atoms with van der Waals surface area (Å²) in [6, 6.07) is 15.7. The number of nitrogen functional groups attached to an aromatic ring is 1. The first-order chi connectivity index (χ1) is 17.6. The van der Waals surface area contributed by atoms with Crippen LogP contribution < -0.4 is 20.7 Å². The molecule has 1 saturated heterocycles. The number of aromatic nitrogens is 1. The number of piperidine rings is 1. The average Bonchev–Trinajstić information content (AvgIpc) is 3.15. The third-order valence-corrected chi connectivity index (χ3v) is 7.01. The quantitative estimate of drug-likeness (QED) is 0.525. The van der Waals surface area contributed by atoms with Crippen LogP contribution in [0.15, 0.2) is 65.8 Å². The summed E-state index contributed by atoms with van der Waals surface area (Å²) in [5.74, 6) is -0.134. The first-order valence-electron chi connectivity index (χ1n) is 11.9. The lowest BCUT2D eigenvalue weighted by atomic mass is 9.83. The molecule has 2 aliphatic rings. The van der Waals surface area contributed by atoms with E-state index >= 15 is 0 Å². The molecule has 3 aromatic rings. The van der Waals surface area contributed by atoms with Crippen LogP contribution in [0.2, 0.25) is 0 Å². The summed E-state index contributed by atoms with van der Waals surface area (Å²) in [7, 11) is 0. The number of hydrogen-bond acceptors (Lipinski definition) is 6. The third-order valence-electron chi connectivity index (χ3n) is 7.01. The number of amides is 1. The summed E-state index contributed by atoms with van der Waals surface area (Å²) in [6.07, 6.45) is -2.34. The number of hydrogen-bond donors (Lipinski definition) is 2. The zero-order chi connectivity index (χ0) is 26.4. The largest absolute Gasteiger partial charge is 0.573 e. The molecular formula is C27H26F3N5O2. The highest BCUT2D eigenvalue weighted by atomic mass is 19.4. The molecule has 10 heteroatoms. The predicted octanol–water partition coefficient (Wildman–Crippen LogP) is 4.84. The third kappa shape index (κ3) is 4.71. The normalized spacial score (nSPS) is 21.6. The number of rotatable bonds is 4. The second kappa shape index (κ2) is 9.10. The highest BCUT2D eigenvalue weighted by molar-refractivity contribution is 6.16. The van der Waals surface area contributed by atoms with Gasteiger partial charge >= 0.3 is 6.36 Å². The van der Waals surface area contributed by atoms with Crippen molar-refractivity contribution in [3.05, 3.63) is 71.9 Å². The molecule has 3 heterocycles. The van der Waals surface area contributed by atoms with E-state index in [0.29, 0.717) is 25.2 Å². The van der Waals surface area contributed by atoms with Gasteiger partial charge in [0.25, 0.3) is 5.91 Å². The minimum absolute atomic E-state index is 0.0527. The second-order valence-corrected chi connectivity index (χ2v) is 9.41. The Morgan fingerprint density at radius 2 is 1.92 bits per heavy atom. The Bertz CT molecular complexity index is 1390. The van der Waals surface area contributed by atoms with Crippen molar-refractivity contribution in [2.45, 2.75) is 44.6 Å². The SMILES string of the molecule is Cc1c(-c2cccc(N3CC[C@]4(C[C@@H]3C)N=C(c3ccccc3OC(F)(F)F)NC4=O)c2)ccnc1N. The zero-order valence-electron chi connectivity index (χ0n) is 20.3. The van der Waals surface area contributed by atoms with E-state index in [1.54, 1.807) is 12.3 Å². The first kappa shape index (κ1) is 24.6. The fourth-order valence-corrected chi connectivity index (χ4v) is 5.15. The number of amidine groups is 1. The maximum Gasteiger partial charge on any atom is 0.573 e. The van der Waals surface area contributed by atoms with Crippen LogP contribution in [0.1, 0.15) is 30.9 Å². The molecule has 0 unspecified atom stereocenters. The van der Waals surface area contributed by atoms with Crippen molar-refractivity contribution in [2.75, 3.05) is 17.2 Å². The number of carbonyl (C=O) groups is 1. The standard InChI is InChI=1S/C27H26F3N5O2/c1-16-15-26(25(36)33-24(34-26)21-8-3-4-9-22(21)37-27(28,29)30)11-13-35(16)19-7-5-6-18(14-19)20-10-12-32-23(31)17(20)2/h3-10,12,14,16H,11,13,15H2,1-2H3,(H2,31,32)(H,33,34,36)/t16-,26+/m0/s1. The van der Waals surface area contributed by atoms with E-state index in [4.69, 9.17) is 5.73 Å². The topological polar surface area (TPSA) is 92.8 Å². The van der Waals surface area contributed by atoms with Crippen molar-refractivity contribution < 1.29 is 22.7 Å². The molecule has 0 aliphatic carbocycles. The van der Waals surface area contributed by atoms with Gasteiger partial charge < -0.3 is 20.7 Å². The van der Waals surface area contributed by atoms with Crippen molar-refractivity contribution in [3.63, 3.8) is 0 Å². The minimum Gasteiger partial charge on any atom is -0.405 e. The fourth-order valence-electron chi connectivity index (χ4n) is 5.15. The maximum absolute atomic E-state index is 13.1. The lowest BCUT2D eigenvalue weighted by Crippen LogP contribution is -2.53. The predicted molar refractivity (Wildman–Crippen MR) is 135 cm³/mol. The van der Waals surface area contributed by atoms with Crippen LogP contribution in [0.5, 0.6) is 5.75 Å². The average molecular weight is 510 g/mol. The number of ether oxygens (including phenoxy) is 1. The summed E-state index contributed by atoms with van der Waals surface area (Å²) < 4.78 is 42.9. The molecule has 5 rings (SSSR count). The van der Waals surface area contributed by atoms with Crippen molar-refractivity contribution in [2.24, 2.45) is 4.99 Å². The monoisotopic (exact) mass is 509 g/mol. The van der Waals surface area contributed by atoms with E-state index in [1.165, 1.54) is 18.2 Å². The summed E-state index contributed by atoms with van der Waals surface area (Å²) in [5, 5.41) is 2.70. The van der Waals surface area contributed by atoms with Crippen molar-refractivity contribution in [1.29, 1.82) is 0 Å². The molecule has 1 spiro atoms. The van der Waals surface area contributed by atoms with Gasteiger partial charge in [0.15, 0.2) is 0 Å². The molecule has 2 atom stereocenters. The van der Waals surface area contributed by atoms with Gasteiger partial charge in [-0.2, -0.15) is 0 Å². The number of alkyl halides is 3. The number of nitrogens with one attached hydrogen (secondary N) is 1. The van der Waals surface area contributed by atoms with Gasteiger partial charge in [0.2, 0.25) is 0 Å². The van der Waals surface area contributed by atoms with Crippen molar-refractivity contribution in [3.8, 4) is 16.9 Å². The van der Waals surface area contributed by atoms with E-state index in [-0.39, 0.29) is 23.3 Å². The van der Waals surface area contributed by atoms with Gasteiger partial charge in [0, 0.05) is 30.9 Å². The number of para-hydroxylation sites is 1. The van der Waals surface area contributed by atoms with E-state index in [9.17, 15) is 18.0 Å². The van der Waals surface area contributed by atoms with Crippen LogP contribution in [0.25, 0.3) is 11.1 Å². The van der Waals surface area contributed by atoms with Gasteiger partial charge in [0.1, 0.15) is 22.9 Å². The Kier molecular flexibility index (Phi) is 6.05. The van der Waals surface area contributed by atoms with Gasteiger partial charge in [0.05, 0.1) is 5.56 Å². The number of pyridine rings is 1. The molecule has 7 nitrogen and oxygen atoms in total. The maximum atomic E-state index is 13.1. The summed E-state index contributed by atoms with van der Waals surface area (Å²) in [5.41, 5.74) is 8.96. The van der Waals surface area contributed by atoms with Crippen LogP contribution in [0.4, 0.5) is 24.7 Å². The summed E-state index contributed by atoms with van der Waals surface area (Å²) in [6.45, 7) is 4.50. The Hall–Kier alpha value is -4.08. The van der Waals surface area contributed by atoms with E-state index in [0.717, 1.165) is 22.4 Å². The minimum atomic E-state index is -4.86. The molecule has 2 aliphatic heterocycles. The molecular weight excluding hydrogens is 483 g/mol. The van der Waals surface area contributed by atoms with Crippen LogP contribution in [-0.4, -0.2) is 41.2 Å². The Balaban J connectivity index is 1.40. The van der Waals surface area contributed by atoms with E-state index in [1.807, 2.05) is 38.1 Å². The van der Waals surface area contributed by atoms with Gasteiger partial charge in [-0.25, -0.2) is 4.98 Å². The number of carbonyl (C=O) groups excluding carboxylic acids is 1. The van der Waals surface area contributed by atoms with Gasteiger partial charge in [-0.15, -0.1) is 13.2 Å². The molecule has 192 valence electrons. The second-order valence-electron chi connectivity index (χ2n) is 9.41. The number of anilines is 2. The lowest BCUT2D eigenvalue weighted by molar-refractivity contribution is -0.274. The Morgan fingerprint density at radius 1 is 1.14 bits per heavy atom. The van der Waals surface area contributed by atoms with Gasteiger partial charge in [-0.3, -0.25) is 9.79 Å². The van der Waals surface area contributed by atoms with Crippen LogP contribution >= 0.6 is 0 Å². The summed E-state index contributed by atoms with van der Waals surface area (Å²) in [4.78, 5) is 24.1. The molecule has 0 bridgehead atoms. The molecule has 2 aromatic carbocycles. The van der Waals surface area contributed by atoms with Crippen LogP contribution in [-0.2, 0) is 4.79 Å². The Labute approximate surface area is 212 Å². The molecule has 0 radical (unpaired) electrons. The number of halogens is 3. The molecule has 3 N–H and O–H groups in total. The van der Waals surface area contributed by atoms with Crippen molar-refractivity contribution >= 4 is 23.2 Å². The zero-order valence-corrected chi connectivity index (χ0v) is 20.3. The summed E-state index contributed by atoms with van der Waals surface area (Å²) >= 11 is 0. The van der Waals surface area contributed by atoms with Crippen LogP contribution in [0, 0.1) is 6.92 Å². The fraction of sp³-hybridized carbons (Fsp3) is 0.296. The lowest BCUT2D eigenvalue weighted by Gasteiger charge is -2.42. The first-order valence-corrected chi connectivity index (χ1v) is 11.9. The van der Waals surface area contributed by atoms with Gasteiger partial charge in [-0.05, 0) is 67.3 Å². The molecule has 0 saturated carbocycles. The highest BCUT2D eigenvalue weighted by Crippen LogP contribution is 2.38. The van der Waals surface area contributed by atoms with E-state index in [2.05, 4.69) is 31.0 Å². The molecule has 1 aromatic heterocycles.